The normalized spacial score (nSPS) is 14.6. The Balaban J connectivity index is 1.54. The molecule has 0 bridgehead atoms. The molecule has 2 aromatic heterocycles. The molecule has 11 nitrogen and oxygen atoms in total. The number of anilines is 1. The predicted octanol–water partition coefficient (Wildman–Crippen LogP) is 5.20. The van der Waals surface area contributed by atoms with Crippen LogP contribution < -0.4 is 23.8 Å². The van der Waals surface area contributed by atoms with Crippen LogP contribution in [0.25, 0.3) is 16.7 Å². The maximum Gasteiger partial charge on any atom is 0.335 e. The van der Waals surface area contributed by atoms with Gasteiger partial charge >= 0.3 is 5.97 Å². The third kappa shape index (κ3) is 6.51. The number of ether oxygens (including phenoxy) is 6. The first-order chi connectivity index (χ1) is 21.0. The highest BCUT2D eigenvalue weighted by molar-refractivity contribution is 5.89. The standard InChI is InChI=1S/C32H35N3O8/c1-6-41-31(36)29-13-20(11-12-42-29)25-16-33-17-26-30(25)43-32(34-26)35(18-21-7-9-23(37-2)14-27(21)39-4)19-22-8-10-24(38-3)15-28(22)40-5/h7-11,14-17,29H,6,12-13,18-19H2,1-5H3. The van der Waals surface area contributed by atoms with Crippen molar-refractivity contribution in [2.75, 3.05) is 46.6 Å². The summed E-state index contributed by atoms with van der Waals surface area (Å²) in [4.78, 5) is 23.7. The molecule has 0 fully saturated rings. The second kappa shape index (κ2) is 13.5. The summed E-state index contributed by atoms with van der Waals surface area (Å²) in [5.74, 6) is 2.32. The molecule has 11 heteroatoms. The van der Waals surface area contributed by atoms with Crippen molar-refractivity contribution in [3.05, 3.63) is 71.6 Å². The summed E-state index contributed by atoms with van der Waals surface area (Å²) in [5, 5.41) is 0. The number of hydrogen-bond acceptors (Lipinski definition) is 11. The Bertz CT molecular complexity index is 1560. The van der Waals surface area contributed by atoms with E-state index in [1.807, 2.05) is 47.4 Å². The molecule has 1 unspecified atom stereocenters. The molecular formula is C32H35N3O8. The topological polar surface area (TPSA) is 115 Å². The number of fused-ring (bicyclic) bond motifs is 1. The lowest BCUT2D eigenvalue weighted by Gasteiger charge is -2.23. The number of rotatable bonds is 12. The predicted molar refractivity (Wildman–Crippen MR) is 160 cm³/mol. The van der Waals surface area contributed by atoms with Gasteiger partial charge in [0, 0.05) is 41.4 Å². The Morgan fingerprint density at radius 2 is 1.58 bits per heavy atom. The van der Waals surface area contributed by atoms with Gasteiger partial charge in [0.2, 0.25) is 0 Å². The highest BCUT2D eigenvalue weighted by Crippen LogP contribution is 2.36. The third-order valence-corrected chi connectivity index (χ3v) is 7.20. The largest absolute Gasteiger partial charge is 0.497 e. The van der Waals surface area contributed by atoms with Gasteiger partial charge in [-0.25, -0.2) is 4.79 Å². The second-order valence-corrected chi connectivity index (χ2v) is 9.75. The van der Waals surface area contributed by atoms with Gasteiger partial charge in [0.1, 0.15) is 28.5 Å². The van der Waals surface area contributed by atoms with E-state index in [1.54, 1.807) is 47.8 Å². The van der Waals surface area contributed by atoms with Crippen molar-refractivity contribution in [1.82, 2.24) is 9.97 Å². The van der Waals surface area contributed by atoms with Crippen LogP contribution >= 0.6 is 0 Å². The number of methoxy groups -OCH3 is 4. The van der Waals surface area contributed by atoms with Gasteiger partial charge in [0.25, 0.3) is 6.01 Å². The lowest BCUT2D eigenvalue weighted by molar-refractivity contribution is -0.156. The van der Waals surface area contributed by atoms with Crippen molar-refractivity contribution < 1.29 is 37.6 Å². The van der Waals surface area contributed by atoms with Gasteiger partial charge in [-0.05, 0) is 36.8 Å². The molecule has 0 saturated carbocycles. The fourth-order valence-electron chi connectivity index (χ4n) is 4.99. The third-order valence-electron chi connectivity index (χ3n) is 7.20. The number of aromatic nitrogens is 2. The van der Waals surface area contributed by atoms with E-state index < -0.39 is 6.10 Å². The monoisotopic (exact) mass is 589 g/mol. The fraction of sp³-hybridized carbons (Fsp3) is 0.344. The van der Waals surface area contributed by atoms with Crippen LogP contribution in [0.2, 0.25) is 0 Å². The van der Waals surface area contributed by atoms with Crippen molar-refractivity contribution in [2.45, 2.75) is 32.5 Å². The molecule has 2 aromatic carbocycles. The van der Waals surface area contributed by atoms with E-state index in [9.17, 15) is 4.79 Å². The lowest BCUT2D eigenvalue weighted by Crippen LogP contribution is -2.29. The molecule has 0 N–H and O–H groups in total. The smallest absolute Gasteiger partial charge is 0.335 e. The van der Waals surface area contributed by atoms with Crippen LogP contribution in [0.1, 0.15) is 30.0 Å². The average molecular weight is 590 g/mol. The summed E-state index contributed by atoms with van der Waals surface area (Å²) in [6.07, 6.45) is 4.95. The van der Waals surface area contributed by atoms with Crippen LogP contribution in [0, 0.1) is 0 Å². The first-order valence-electron chi connectivity index (χ1n) is 13.9. The van der Waals surface area contributed by atoms with Gasteiger partial charge in [-0.3, -0.25) is 4.98 Å². The molecular weight excluding hydrogens is 554 g/mol. The van der Waals surface area contributed by atoms with E-state index in [-0.39, 0.29) is 19.2 Å². The molecule has 0 amide bonds. The number of esters is 1. The molecule has 0 aliphatic carbocycles. The fourth-order valence-corrected chi connectivity index (χ4v) is 4.99. The number of carbonyl (C=O) groups is 1. The lowest BCUT2D eigenvalue weighted by atomic mass is 9.98. The molecule has 226 valence electrons. The van der Waals surface area contributed by atoms with E-state index in [2.05, 4.69) is 4.98 Å². The molecule has 0 radical (unpaired) electrons. The molecule has 0 spiro atoms. The minimum Gasteiger partial charge on any atom is -0.497 e. The average Bonchev–Trinajstić information content (AvgIpc) is 3.49. The van der Waals surface area contributed by atoms with Gasteiger partial charge in [0.05, 0.1) is 60.9 Å². The number of carbonyl (C=O) groups excluding carboxylic acids is 1. The quantitative estimate of drug-likeness (QED) is 0.203. The van der Waals surface area contributed by atoms with E-state index in [0.717, 1.165) is 22.3 Å². The van der Waals surface area contributed by atoms with E-state index in [4.69, 9.17) is 37.8 Å². The zero-order chi connectivity index (χ0) is 30.3. The maximum atomic E-state index is 12.4. The number of hydrogen-bond donors (Lipinski definition) is 0. The van der Waals surface area contributed by atoms with Crippen molar-refractivity contribution in [1.29, 1.82) is 0 Å². The zero-order valence-electron chi connectivity index (χ0n) is 24.9. The summed E-state index contributed by atoms with van der Waals surface area (Å²) in [5.41, 5.74) is 4.58. The molecule has 0 saturated heterocycles. The van der Waals surface area contributed by atoms with Crippen LogP contribution in [0.4, 0.5) is 6.01 Å². The van der Waals surface area contributed by atoms with Crippen LogP contribution in [-0.4, -0.2) is 63.7 Å². The van der Waals surface area contributed by atoms with Crippen LogP contribution in [0.5, 0.6) is 23.0 Å². The van der Waals surface area contributed by atoms with Crippen LogP contribution in [-0.2, 0) is 27.4 Å². The molecule has 5 rings (SSSR count). The Labute approximate surface area is 249 Å². The Hall–Kier alpha value is -4.77. The Kier molecular flexibility index (Phi) is 9.31. The van der Waals surface area contributed by atoms with E-state index in [0.29, 0.717) is 59.6 Å². The zero-order valence-corrected chi connectivity index (χ0v) is 24.9. The van der Waals surface area contributed by atoms with Crippen molar-refractivity contribution in [3.8, 4) is 23.0 Å². The first kappa shape index (κ1) is 29.7. The molecule has 1 atom stereocenters. The number of nitrogens with zero attached hydrogens (tertiary/aromatic N) is 3. The van der Waals surface area contributed by atoms with Crippen molar-refractivity contribution in [3.63, 3.8) is 0 Å². The SMILES string of the molecule is CCOC(=O)C1CC(c2cncc3nc(N(Cc4ccc(OC)cc4OC)Cc4ccc(OC)cc4OC)oc23)=CCO1. The second-order valence-electron chi connectivity index (χ2n) is 9.75. The van der Waals surface area contributed by atoms with Crippen molar-refractivity contribution >= 4 is 28.7 Å². The highest BCUT2D eigenvalue weighted by atomic mass is 16.6. The van der Waals surface area contributed by atoms with Gasteiger partial charge in [-0.2, -0.15) is 4.98 Å². The van der Waals surface area contributed by atoms with Gasteiger partial charge < -0.3 is 37.7 Å². The minimum atomic E-state index is -0.695. The Morgan fingerprint density at radius 1 is 0.930 bits per heavy atom. The first-order valence-corrected chi connectivity index (χ1v) is 13.9. The number of pyridine rings is 1. The van der Waals surface area contributed by atoms with Gasteiger partial charge in [0.15, 0.2) is 11.7 Å². The maximum absolute atomic E-state index is 12.4. The van der Waals surface area contributed by atoms with Crippen LogP contribution in [0.15, 0.2) is 59.3 Å². The molecule has 43 heavy (non-hydrogen) atoms. The summed E-state index contributed by atoms with van der Waals surface area (Å²) in [6.45, 7) is 3.14. The van der Waals surface area contributed by atoms with Crippen molar-refractivity contribution in [2.24, 2.45) is 0 Å². The molecule has 1 aliphatic rings. The van der Waals surface area contributed by atoms with E-state index >= 15 is 0 Å². The highest BCUT2D eigenvalue weighted by Gasteiger charge is 2.28. The Morgan fingerprint density at radius 3 is 2.16 bits per heavy atom. The summed E-state index contributed by atoms with van der Waals surface area (Å²) >= 11 is 0. The molecule has 4 aromatic rings. The van der Waals surface area contributed by atoms with Gasteiger partial charge in [-0.15, -0.1) is 0 Å². The minimum absolute atomic E-state index is 0.275. The number of oxazole rings is 1. The van der Waals surface area contributed by atoms with Crippen LogP contribution in [0.3, 0.4) is 0 Å². The number of benzene rings is 2. The molecule has 3 heterocycles. The van der Waals surface area contributed by atoms with Gasteiger partial charge in [-0.1, -0.05) is 6.08 Å². The van der Waals surface area contributed by atoms with E-state index in [1.165, 1.54) is 0 Å². The molecule has 1 aliphatic heterocycles. The summed E-state index contributed by atoms with van der Waals surface area (Å²) < 4.78 is 39.5. The summed E-state index contributed by atoms with van der Waals surface area (Å²) in [6, 6.07) is 11.7. The summed E-state index contributed by atoms with van der Waals surface area (Å²) in [7, 11) is 6.47.